The van der Waals surface area contributed by atoms with E-state index >= 15 is 0 Å². The molecule has 0 N–H and O–H groups in total. The third kappa shape index (κ3) is 4.07. The molecule has 22 heavy (non-hydrogen) atoms. The van der Waals surface area contributed by atoms with Crippen LogP contribution < -0.4 is 0 Å². The monoisotopic (exact) mass is 315 g/mol. The van der Waals surface area contributed by atoms with Crippen molar-refractivity contribution in [3.8, 4) is 0 Å². The SMILES string of the molecule is C=CCn1c(C)nnc1SCC(=O)c1ccc(CCC)cc1. The van der Waals surface area contributed by atoms with Crippen molar-refractivity contribution in [2.45, 2.75) is 38.4 Å². The molecule has 0 aliphatic rings. The molecule has 0 radical (unpaired) electrons. The number of rotatable bonds is 8. The molecule has 0 fully saturated rings. The molecule has 0 atom stereocenters. The van der Waals surface area contributed by atoms with Crippen LogP contribution in [0.25, 0.3) is 0 Å². The number of carbonyl (C=O) groups excluding carboxylic acids is 1. The summed E-state index contributed by atoms with van der Waals surface area (Å²) in [6.45, 7) is 8.43. The molecule has 5 heteroatoms. The Hall–Kier alpha value is -1.88. The van der Waals surface area contributed by atoms with Crippen molar-refractivity contribution in [1.29, 1.82) is 0 Å². The van der Waals surface area contributed by atoms with Gasteiger partial charge in [-0.3, -0.25) is 4.79 Å². The van der Waals surface area contributed by atoms with Gasteiger partial charge in [0.25, 0.3) is 0 Å². The number of hydrogen-bond acceptors (Lipinski definition) is 4. The second kappa shape index (κ2) is 7.94. The molecule has 4 nitrogen and oxygen atoms in total. The Kier molecular flexibility index (Phi) is 5.95. The molecule has 0 amide bonds. The van der Waals surface area contributed by atoms with Crippen molar-refractivity contribution in [2.75, 3.05) is 5.75 Å². The fourth-order valence-corrected chi connectivity index (χ4v) is 3.05. The number of Topliss-reactive ketones (excluding diaryl/α,β-unsaturated/α-hetero) is 1. The summed E-state index contributed by atoms with van der Waals surface area (Å²) in [6.07, 6.45) is 3.96. The zero-order valence-electron chi connectivity index (χ0n) is 13.1. The van der Waals surface area contributed by atoms with Gasteiger partial charge in [0.15, 0.2) is 10.9 Å². The Labute approximate surface area is 135 Å². The van der Waals surface area contributed by atoms with Gasteiger partial charge in [-0.15, -0.1) is 16.8 Å². The molecule has 2 aromatic rings. The number of aromatic nitrogens is 3. The van der Waals surface area contributed by atoms with E-state index in [1.165, 1.54) is 17.3 Å². The van der Waals surface area contributed by atoms with Crippen LogP contribution in [-0.2, 0) is 13.0 Å². The topological polar surface area (TPSA) is 47.8 Å². The number of ketones is 1. The summed E-state index contributed by atoms with van der Waals surface area (Å²) in [5, 5.41) is 8.92. The molecule has 116 valence electrons. The number of aryl methyl sites for hydroxylation is 2. The van der Waals surface area contributed by atoms with E-state index in [0.717, 1.165) is 29.4 Å². The molecule has 0 spiro atoms. The molecule has 2 rings (SSSR count). The molecular weight excluding hydrogens is 294 g/mol. The maximum atomic E-state index is 12.3. The molecule has 0 unspecified atom stereocenters. The van der Waals surface area contributed by atoms with Crippen LogP contribution >= 0.6 is 11.8 Å². The standard InChI is InChI=1S/C17H21N3OS/c1-4-6-14-7-9-15(10-8-14)16(21)12-22-17-19-18-13(3)20(17)11-5-2/h5,7-10H,2,4,6,11-12H2,1,3H3. The summed E-state index contributed by atoms with van der Waals surface area (Å²) in [6, 6.07) is 7.89. The van der Waals surface area contributed by atoms with E-state index in [-0.39, 0.29) is 5.78 Å². The number of nitrogens with zero attached hydrogens (tertiary/aromatic N) is 3. The van der Waals surface area contributed by atoms with Crippen molar-refractivity contribution >= 4 is 17.5 Å². The van der Waals surface area contributed by atoms with Gasteiger partial charge in [-0.05, 0) is 18.9 Å². The molecule has 0 saturated carbocycles. The Morgan fingerprint density at radius 3 is 2.68 bits per heavy atom. The smallest absolute Gasteiger partial charge is 0.191 e. The van der Waals surface area contributed by atoms with Crippen molar-refractivity contribution in [1.82, 2.24) is 14.8 Å². The van der Waals surface area contributed by atoms with Crippen molar-refractivity contribution in [3.05, 3.63) is 53.9 Å². The van der Waals surface area contributed by atoms with Crippen LogP contribution in [0.1, 0.15) is 35.1 Å². The first kappa shape index (κ1) is 16.5. The third-order valence-electron chi connectivity index (χ3n) is 3.36. The van der Waals surface area contributed by atoms with Crippen LogP contribution in [0.2, 0.25) is 0 Å². The average molecular weight is 315 g/mol. The Bertz CT molecular complexity index is 646. The number of benzene rings is 1. The molecule has 1 aromatic heterocycles. The summed E-state index contributed by atoms with van der Waals surface area (Å²) >= 11 is 1.42. The van der Waals surface area contributed by atoms with Crippen LogP contribution in [-0.4, -0.2) is 26.3 Å². The van der Waals surface area contributed by atoms with E-state index in [0.29, 0.717) is 12.3 Å². The van der Waals surface area contributed by atoms with Crippen LogP contribution in [0.3, 0.4) is 0 Å². The van der Waals surface area contributed by atoms with Crippen LogP contribution in [0, 0.1) is 6.92 Å². The maximum Gasteiger partial charge on any atom is 0.191 e. The van der Waals surface area contributed by atoms with E-state index in [2.05, 4.69) is 23.7 Å². The van der Waals surface area contributed by atoms with Gasteiger partial charge in [0.1, 0.15) is 5.82 Å². The predicted octanol–water partition coefficient (Wildman–Crippen LogP) is 3.70. The minimum absolute atomic E-state index is 0.110. The first-order valence-corrected chi connectivity index (χ1v) is 8.40. The van der Waals surface area contributed by atoms with Gasteiger partial charge in [0, 0.05) is 12.1 Å². The highest BCUT2D eigenvalue weighted by Crippen LogP contribution is 2.19. The van der Waals surface area contributed by atoms with E-state index in [9.17, 15) is 4.79 Å². The lowest BCUT2D eigenvalue weighted by Crippen LogP contribution is -2.05. The van der Waals surface area contributed by atoms with E-state index < -0.39 is 0 Å². The Morgan fingerprint density at radius 1 is 1.32 bits per heavy atom. The van der Waals surface area contributed by atoms with Gasteiger partial charge in [0.2, 0.25) is 0 Å². The minimum Gasteiger partial charge on any atom is -0.302 e. The van der Waals surface area contributed by atoms with Gasteiger partial charge in [0.05, 0.1) is 5.75 Å². The highest BCUT2D eigenvalue weighted by molar-refractivity contribution is 7.99. The predicted molar refractivity (Wildman–Crippen MR) is 90.4 cm³/mol. The van der Waals surface area contributed by atoms with Gasteiger partial charge in [-0.1, -0.05) is 55.4 Å². The third-order valence-corrected chi connectivity index (χ3v) is 4.33. The highest BCUT2D eigenvalue weighted by Gasteiger charge is 2.12. The Morgan fingerprint density at radius 2 is 2.05 bits per heavy atom. The average Bonchev–Trinajstić information content (AvgIpc) is 2.87. The zero-order chi connectivity index (χ0) is 15.9. The van der Waals surface area contributed by atoms with Crippen molar-refractivity contribution < 1.29 is 4.79 Å². The summed E-state index contributed by atoms with van der Waals surface area (Å²) in [7, 11) is 0. The van der Waals surface area contributed by atoms with Crippen LogP contribution in [0.15, 0.2) is 42.1 Å². The van der Waals surface area contributed by atoms with E-state index in [1.54, 1.807) is 6.08 Å². The second-order valence-corrected chi connectivity index (χ2v) is 6.03. The van der Waals surface area contributed by atoms with Crippen LogP contribution in [0.5, 0.6) is 0 Å². The summed E-state index contributed by atoms with van der Waals surface area (Å²) in [5.41, 5.74) is 2.02. The maximum absolute atomic E-state index is 12.3. The number of thioether (sulfide) groups is 1. The van der Waals surface area contributed by atoms with Crippen LogP contribution in [0.4, 0.5) is 0 Å². The molecule has 0 saturated heterocycles. The molecular formula is C17H21N3OS. The number of carbonyl (C=O) groups is 1. The van der Waals surface area contributed by atoms with Crippen molar-refractivity contribution in [2.24, 2.45) is 0 Å². The summed E-state index contributed by atoms with van der Waals surface area (Å²) in [4.78, 5) is 12.3. The lowest BCUT2D eigenvalue weighted by molar-refractivity contribution is 0.102. The van der Waals surface area contributed by atoms with Gasteiger partial charge >= 0.3 is 0 Å². The first-order chi connectivity index (χ1) is 10.7. The minimum atomic E-state index is 0.110. The molecule has 1 aromatic carbocycles. The fraction of sp³-hybridized carbons (Fsp3) is 0.353. The normalized spacial score (nSPS) is 10.6. The first-order valence-electron chi connectivity index (χ1n) is 7.41. The largest absolute Gasteiger partial charge is 0.302 e. The lowest BCUT2D eigenvalue weighted by atomic mass is 10.1. The van der Waals surface area contributed by atoms with Gasteiger partial charge in [-0.25, -0.2) is 0 Å². The molecule has 0 aliphatic heterocycles. The van der Waals surface area contributed by atoms with Gasteiger partial charge in [-0.2, -0.15) is 0 Å². The summed E-state index contributed by atoms with van der Waals surface area (Å²) in [5.74, 6) is 1.31. The number of hydrogen-bond donors (Lipinski definition) is 0. The van der Waals surface area contributed by atoms with E-state index in [4.69, 9.17) is 0 Å². The van der Waals surface area contributed by atoms with Crippen molar-refractivity contribution in [3.63, 3.8) is 0 Å². The quantitative estimate of drug-likeness (QED) is 0.423. The lowest BCUT2D eigenvalue weighted by Gasteiger charge is -2.05. The fourth-order valence-electron chi connectivity index (χ4n) is 2.17. The Balaban J connectivity index is 1.99. The summed E-state index contributed by atoms with van der Waals surface area (Å²) < 4.78 is 1.95. The number of allylic oxidation sites excluding steroid dienone is 1. The van der Waals surface area contributed by atoms with E-state index in [1.807, 2.05) is 35.8 Å². The zero-order valence-corrected chi connectivity index (χ0v) is 13.9. The molecule has 0 aliphatic carbocycles. The van der Waals surface area contributed by atoms with Gasteiger partial charge < -0.3 is 4.57 Å². The molecule has 1 heterocycles. The second-order valence-electron chi connectivity index (χ2n) is 5.09. The highest BCUT2D eigenvalue weighted by atomic mass is 32.2. The molecule has 0 bridgehead atoms.